The third-order valence-corrected chi connectivity index (χ3v) is 3.79. The van der Waals surface area contributed by atoms with Crippen molar-refractivity contribution < 1.29 is 14.8 Å². The number of carbonyl (C=O) groups excluding carboxylic acids is 2. The predicted molar refractivity (Wildman–Crippen MR) is 86.0 cm³/mol. The number of benzene rings is 1. The fourth-order valence-corrected chi connectivity index (χ4v) is 2.44. The SMILES string of the molecule is C[C@H](NC(=O)c1ccc(/C(N)=N/O)cc1)C(=O)N1CC[CH]CC1. The highest BCUT2D eigenvalue weighted by Crippen LogP contribution is 2.10. The Bertz CT molecular complexity index is 592. The zero-order valence-electron chi connectivity index (χ0n) is 13.0. The van der Waals surface area contributed by atoms with Crippen LogP contribution in [-0.4, -0.2) is 46.9 Å². The zero-order valence-corrected chi connectivity index (χ0v) is 13.0. The van der Waals surface area contributed by atoms with Gasteiger partial charge in [0.15, 0.2) is 5.84 Å². The predicted octanol–water partition coefficient (Wildman–Crippen LogP) is 0.726. The van der Waals surface area contributed by atoms with Gasteiger partial charge in [-0.25, -0.2) is 0 Å². The van der Waals surface area contributed by atoms with Gasteiger partial charge in [-0.3, -0.25) is 9.59 Å². The normalized spacial score (nSPS) is 16.7. The van der Waals surface area contributed by atoms with Gasteiger partial charge in [0.2, 0.25) is 5.91 Å². The molecule has 0 aromatic heterocycles. The summed E-state index contributed by atoms with van der Waals surface area (Å²) in [5.41, 5.74) is 6.39. The first-order valence-corrected chi connectivity index (χ1v) is 7.52. The van der Waals surface area contributed by atoms with E-state index in [0.29, 0.717) is 24.2 Å². The Morgan fingerprint density at radius 1 is 1.22 bits per heavy atom. The second kappa shape index (κ2) is 7.62. The molecule has 1 saturated heterocycles. The molecule has 0 aliphatic carbocycles. The van der Waals surface area contributed by atoms with E-state index >= 15 is 0 Å². The van der Waals surface area contributed by atoms with Gasteiger partial charge < -0.3 is 21.2 Å². The van der Waals surface area contributed by atoms with Crippen LogP contribution < -0.4 is 11.1 Å². The summed E-state index contributed by atoms with van der Waals surface area (Å²) >= 11 is 0. The van der Waals surface area contributed by atoms with Crippen LogP contribution in [0.3, 0.4) is 0 Å². The molecule has 1 atom stereocenters. The lowest BCUT2D eigenvalue weighted by Gasteiger charge is -2.29. The van der Waals surface area contributed by atoms with Crippen LogP contribution in [0.2, 0.25) is 0 Å². The van der Waals surface area contributed by atoms with Gasteiger partial charge in [-0.1, -0.05) is 17.3 Å². The summed E-state index contributed by atoms with van der Waals surface area (Å²) in [6, 6.07) is 5.71. The smallest absolute Gasteiger partial charge is 0.251 e. The van der Waals surface area contributed by atoms with E-state index in [2.05, 4.69) is 16.9 Å². The van der Waals surface area contributed by atoms with Gasteiger partial charge in [-0.05, 0) is 38.3 Å². The summed E-state index contributed by atoms with van der Waals surface area (Å²) in [7, 11) is 0. The van der Waals surface area contributed by atoms with E-state index in [1.54, 1.807) is 36.1 Å². The Hall–Kier alpha value is -2.57. The summed E-state index contributed by atoms with van der Waals surface area (Å²) in [6.45, 7) is 3.09. The molecule has 1 aromatic rings. The summed E-state index contributed by atoms with van der Waals surface area (Å²) in [5.74, 6) is -0.428. The Labute approximate surface area is 135 Å². The first-order valence-electron chi connectivity index (χ1n) is 7.52. The van der Waals surface area contributed by atoms with Crippen molar-refractivity contribution in [1.82, 2.24) is 10.2 Å². The minimum absolute atomic E-state index is 0.0255. The summed E-state index contributed by atoms with van der Waals surface area (Å²) in [4.78, 5) is 26.2. The Morgan fingerprint density at radius 2 is 1.78 bits per heavy atom. The molecule has 0 bridgehead atoms. The maximum Gasteiger partial charge on any atom is 0.251 e. The molecule has 0 saturated carbocycles. The van der Waals surface area contributed by atoms with Gasteiger partial charge in [0.25, 0.3) is 5.91 Å². The van der Waals surface area contributed by atoms with E-state index in [0.717, 1.165) is 12.8 Å². The number of rotatable bonds is 4. The molecule has 0 spiro atoms. The Kier molecular flexibility index (Phi) is 5.56. The van der Waals surface area contributed by atoms with Crippen molar-refractivity contribution in [3.05, 3.63) is 41.8 Å². The standard InChI is InChI=1S/C16H21N4O3/c1-11(16(22)20-9-3-2-4-10-20)18-15(21)13-7-5-12(6-8-13)14(17)19-23/h2,5-8,11,23H,3-4,9-10H2,1H3,(H2,17,19)(H,18,21)/t11-/m0/s1. The van der Waals surface area contributed by atoms with Crippen LogP contribution in [0.25, 0.3) is 0 Å². The highest BCUT2D eigenvalue weighted by atomic mass is 16.4. The van der Waals surface area contributed by atoms with Crippen LogP contribution >= 0.6 is 0 Å². The lowest BCUT2D eigenvalue weighted by atomic mass is 10.1. The zero-order chi connectivity index (χ0) is 16.8. The van der Waals surface area contributed by atoms with E-state index in [1.807, 2.05) is 0 Å². The van der Waals surface area contributed by atoms with Gasteiger partial charge in [-0.2, -0.15) is 0 Å². The first kappa shape index (κ1) is 16.8. The number of oxime groups is 1. The van der Waals surface area contributed by atoms with Crippen molar-refractivity contribution in [2.75, 3.05) is 13.1 Å². The number of nitrogens with zero attached hydrogens (tertiary/aromatic N) is 2. The number of hydrogen-bond acceptors (Lipinski definition) is 4. The van der Waals surface area contributed by atoms with Crippen molar-refractivity contribution in [1.29, 1.82) is 0 Å². The van der Waals surface area contributed by atoms with Crippen LogP contribution in [0.4, 0.5) is 0 Å². The molecule has 0 unspecified atom stereocenters. The van der Waals surface area contributed by atoms with Crippen molar-refractivity contribution in [2.24, 2.45) is 10.9 Å². The molecule has 2 amide bonds. The number of amidine groups is 1. The number of hydrogen-bond donors (Lipinski definition) is 3. The fraction of sp³-hybridized carbons (Fsp3) is 0.375. The molecule has 1 aliphatic rings. The molecule has 1 aromatic carbocycles. The van der Waals surface area contributed by atoms with E-state index in [9.17, 15) is 9.59 Å². The van der Waals surface area contributed by atoms with E-state index < -0.39 is 6.04 Å². The quantitative estimate of drug-likeness (QED) is 0.329. The molecule has 1 radical (unpaired) electrons. The van der Waals surface area contributed by atoms with Crippen LogP contribution in [0.1, 0.15) is 35.7 Å². The largest absolute Gasteiger partial charge is 0.409 e. The molecule has 1 aliphatic heterocycles. The van der Waals surface area contributed by atoms with Gasteiger partial charge in [0.1, 0.15) is 6.04 Å². The number of likely N-dealkylation sites (tertiary alicyclic amines) is 1. The minimum atomic E-state index is -0.579. The van der Waals surface area contributed by atoms with Gasteiger partial charge in [0, 0.05) is 24.2 Å². The van der Waals surface area contributed by atoms with Crippen molar-refractivity contribution in [3.8, 4) is 0 Å². The molecular weight excluding hydrogens is 296 g/mol. The molecule has 7 heteroatoms. The number of amides is 2. The maximum atomic E-state index is 12.3. The van der Waals surface area contributed by atoms with E-state index in [-0.39, 0.29) is 17.6 Å². The number of piperidine rings is 1. The van der Waals surface area contributed by atoms with Gasteiger partial charge >= 0.3 is 0 Å². The molecule has 23 heavy (non-hydrogen) atoms. The van der Waals surface area contributed by atoms with Gasteiger partial charge in [-0.15, -0.1) is 0 Å². The van der Waals surface area contributed by atoms with Crippen LogP contribution in [0.15, 0.2) is 29.4 Å². The number of nitrogens with one attached hydrogen (secondary N) is 1. The molecule has 1 fully saturated rings. The van der Waals surface area contributed by atoms with Crippen LogP contribution in [0.5, 0.6) is 0 Å². The second-order valence-electron chi connectivity index (χ2n) is 5.45. The molecule has 7 nitrogen and oxygen atoms in total. The summed E-state index contributed by atoms with van der Waals surface area (Å²) in [6.07, 6.45) is 3.94. The number of nitrogens with two attached hydrogens (primary N) is 1. The molecule has 1 heterocycles. The fourth-order valence-electron chi connectivity index (χ4n) is 2.44. The molecular formula is C16H21N4O3. The highest BCUT2D eigenvalue weighted by molar-refractivity contribution is 6.00. The second-order valence-corrected chi connectivity index (χ2v) is 5.45. The third-order valence-electron chi connectivity index (χ3n) is 3.79. The average molecular weight is 317 g/mol. The first-order chi connectivity index (χ1) is 11.0. The lowest BCUT2D eigenvalue weighted by molar-refractivity contribution is -0.133. The van der Waals surface area contributed by atoms with Crippen molar-refractivity contribution in [3.63, 3.8) is 0 Å². The molecule has 2 rings (SSSR count). The van der Waals surface area contributed by atoms with Crippen LogP contribution in [0, 0.1) is 6.42 Å². The minimum Gasteiger partial charge on any atom is -0.409 e. The van der Waals surface area contributed by atoms with E-state index in [4.69, 9.17) is 10.9 Å². The third kappa shape index (κ3) is 4.21. The van der Waals surface area contributed by atoms with Crippen molar-refractivity contribution >= 4 is 17.6 Å². The van der Waals surface area contributed by atoms with Crippen LogP contribution in [-0.2, 0) is 4.79 Å². The lowest BCUT2D eigenvalue weighted by Crippen LogP contribution is -2.48. The maximum absolute atomic E-state index is 12.3. The monoisotopic (exact) mass is 317 g/mol. The molecule has 4 N–H and O–H groups in total. The molecule has 123 valence electrons. The van der Waals surface area contributed by atoms with Crippen molar-refractivity contribution in [2.45, 2.75) is 25.8 Å². The number of carbonyl (C=O) groups is 2. The Morgan fingerprint density at radius 3 is 2.35 bits per heavy atom. The highest BCUT2D eigenvalue weighted by Gasteiger charge is 2.23. The summed E-state index contributed by atoms with van der Waals surface area (Å²) < 4.78 is 0. The average Bonchev–Trinajstić information content (AvgIpc) is 2.61. The van der Waals surface area contributed by atoms with Gasteiger partial charge in [0.05, 0.1) is 0 Å². The topological polar surface area (TPSA) is 108 Å². The summed E-state index contributed by atoms with van der Waals surface area (Å²) in [5, 5.41) is 14.2. The van der Waals surface area contributed by atoms with E-state index in [1.165, 1.54) is 0 Å². The Balaban J connectivity index is 1.96.